The summed E-state index contributed by atoms with van der Waals surface area (Å²) in [6.07, 6.45) is -7.00. The van der Waals surface area contributed by atoms with E-state index >= 15 is 0 Å². The van der Waals surface area contributed by atoms with Crippen LogP contribution in [-0.4, -0.2) is 24.9 Å². The fourth-order valence-electron chi connectivity index (χ4n) is 8.45. The van der Waals surface area contributed by atoms with Crippen LogP contribution in [0.3, 0.4) is 0 Å². The van der Waals surface area contributed by atoms with Crippen molar-refractivity contribution in [3.63, 3.8) is 0 Å². The second-order valence-electron chi connectivity index (χ2n) is 23.6. The molecule has 0 saturated carbocycles. The predicted molar refractivity (Wildman–Crippen MR) is 398 cm³/mol. The molecule has 0 amide bonds. The van der Waals surface area contributed by atoms with E-state index in [4.69, 9.17) is 5.26 Å². The molecule has 4 heterocycles. The van der Waals surface area contributed by atoms with Gasteiger partial charge in [-0.3, -0.25) is 4.98 Å². The Bertz CT molecular complexity index is 4590. The van der Waals surface area contributed by atoms with Crippen molar-refractivity contribution >= 4 is 5.82 Å². The molecular weight excluding hydrogens is 1540 g/mol. The molecule has 11 aromatic rings. The fourth-order valence-corrected chi connectivity index (χ4v) is 8.45. The second kappa shape index (κ2) is 51.2. The van der Waals surface area contributed by atoms with Crippen LogP contribution >= 0.6 is 0 Å². The van der Waals surface area contributed by atoms with Crippen LogP contribution in [-0.2, 0) is 69.7 Å². The van der Waals surface area contributed by atoms with Crippen LogP contribution in [0.25, 0.3) is 0 Å². The summed E-state index contributed by atoms with van der Waals surface area (Å²) < 4.78 is 256. The van der Waals surface area contributed by atoms with Crippen molar-refractivity contribution in [2.75, 3.05) is 0 Å². The van der Waals surface area contributed by atoms with Crippen molar-refractivity contribution < 1.29 is 97.1 Å². The molecule has 0 aliphatic heterocycles. The maximum atomic E-state index is 12.6. The zero-order valence-corrected chi connectivity index (χ0v) is 63.7. The van der Waals surface area contributed by atoms with E-state index < -0.39 is 92.9 Å². The van der Waals surface area contributed by atoms with Crippen molar-refractivity contribution in [3.05, 3.63) is 371 Å². The van der Waals surface area contributed by atoms with Gasteiger partial charge in [-0.2, -0.15) is 62.3 Å². The highest BCUT2D eigenvalue weighted by Gasteiger charge is 2.34. The first-order chi connectivity index (χ1) is 53.4. The summed E-state index contributed by atoms with van der Waals surface area (Å²) in [4.78, 5) is 23.6. The van der Waals surface area contributed by atoms with Crippen molar-refractivity contribution in [1.29, 1.82) is 5.26 Å². The zero-order valence-electron chi connectivity index (χ0n) is 63.7. The lowest BCUT2D eigenvalue weighted by Crippen LogP contribution is -2.08. The molecule has 4 aromatic heterocycles. The molecule has 0 aliphatic carbocycles. The molecule has 0 unspecified atom stereocenters. The number of hydrogen-bond acceptors (Lipinski definition) is 7. The molecule has 0 fully saturated rings. The van der Waals surface area contributed by atoms with Crippen molar-refractivity contribution in [1.82, 2.24) is 19.9 Å². The molecule has 114 heavy (non-hydrogen) atoms. The van der Waals surface area contributed by atoms with Crippen molar-refractivity contribution in [3.8, 4) is 6.07 Å². The van der Waals surface area contributed by atoms with Crippen LogP contribution in [0.4, 0.5) is 98.0 Å². The highest BCUT2D eigenvalue weighted by molar-refractivity contribution is 5.31. The molecule has 0 bridgehead atoms. The molecule has 0 spiro atoms. The lowest BCUT2D eigenvalue weighted by Gasteiger charge is -2.10. The number of hydrogen-bond donors (Lipinski definition) is 0. The molecule has 0 N–H and O–H groups in total. The summed E-state index contributed by atoms with van der Waals surface area (Å²) in [6.45, 7) is 20.0. The Morgan fingerprint density at radius 3 is 1.24 bits per heavy atom. The van der Waals surface area contributed by atoms with Gasteiger partial charge in [-0.25, -0.2) is 45.1 Å². The predicted octanol–water partition coefficient (Wildman–Crippen LogP) is 26.4. The van der Waals surface area contributed by atoms with Gasteiger partial charge in [0.1, 0.15) is 58.6 Å². The van der Waals surface area contributed by atoms with Gasteiger partial charge in [-0.1, -0.05) is 133 Å². The summed E-state index contributed by atoms with van der Waals surface area (Å²) >= 11 is 0. The fraction of sp³-hybridized carbons (Fsp3) is 0.259. The van der Waals surface area contributed by atoms with Crippen LogP contribution in [0.1, 0.15) is 138 Å². The van der Waals surface area contributed by atoms with Gasteiger partial charge in [0, 0.05) is 36.8 Å². The van der Waals surface area contributed by atoms with Crippen LogP contribution in [0, 0.1) is 102 Å². The van der Waals surface area contributed by atoms with E-state index in [0.29, 0.717) is 77.6 Å². The monoisotopic (exact) mass is 1620 g/mol. The molecular formula is C85H83F21N6O2. The minimum atomic E-state index is -4.33. The summed E-state index contributed by atoms with van der Waals surface area (Å²) in [5, 5.41) is 18.4. The van der Waals surface area contributed by atoms with E-state index in [-0.39, 0.29) is 17.5 Å². The Kier molecular flexibility index (Phi) is 45.2. The molecule has 29 heteroatoms. The van der Waals surface area contributed by atoms with E-state index in [1.54, 1.807) is 70.3 Å². The topological polar surface area (TPSA) is 118 Å². The Labute approximate surface area is 648 Å². The third-order valence-corrected chi connectivity index (χ3v) is 14.8. The minimum Gasteiger partial charge on any atom is -0.358 e. The number of nitriles is 1. The minimum absolute atomic E-state index is 0.106. The number of nitrogens with zero attached hydrogens (tertiary/aromatic N) is 6. The standard InChI is InChI=1S/3C9H9F3.4C8H8F2.C7H6F3N.C7H6N2.C6H6FN.C6H6N2O2/c1-2-7-3-5-8(6-4-7)9(10,11)12;1-2-7-4-3-5-8(6-7)9(10,11)12;1-2-7-5-3-4-6-8(7)9(10,11)12;1-2-6-3-7(9)5-8(10)4-6;1-2-6-5-7(9)3-4-8(6)10;1-2-6-3-4-7(9)5-8(6)10;1-2-6-4-3-5-7(9)8(6)10;1-5-2-3-6(11-4-5)7(8,9)10;1-6-2-3-7(4-8)9-5-6;1-5-2-3-6(7)8-4-5;1-5-2-3-6(7-4-5)8(9)10/h3*3-6H,2H2,1H3;4*3-5H,2H2,1H3;2-4H,1H3;2-3,5H,1H3;2-4H,1H3;2-4H,1H3. The summed E-state index contributed by atoms with van der Waals surface area (Å²) in [5.74, 6) is -4.70. The quantitative estimate of drug-likeness (QED) is 0.0643. The van der Waals surface area contributed by atoms with E-state index in [2.05, 4.69) is 19.9 Å². The Morgan fingerprint density at radius 1 is 0.351 bits per heavy atom. The first kappa shape index (κ1) is 101. The zero-order chi connectivity index (χ0) is 86.5. The Balaban J connectivity index is 0.000000628. The summed E-state index contributed by atoms with van der Waals surface area (Å²) in [5.41, 5.74) is 5.75. The molecule has 7 aromatic carbocycles. The van der Waals surface area contributed by atoms with Crippen LogP contribution in [0.15, 0.2) is 219 Å². The molecule has 0 aliphatic rings. The molecule has 11 rings (SSSR count). The average molecular weight is 1620 g/mol. The van der Waals surface area contributed by atoms with Gasteiger partial charge in [-0.05, 0) is 235 Å². The van der Waals surface area contributed by atoms with Crippen LogP contribution < -0.4 is 0 Å². The van der Waals surface area contributed by atoms with Crippen molar-refractivity contribution in [2.45, 2.75) is 146 Å². The van der Waals surface area contributed by atoms with Crippen molar-refractivity contribution in [2.24, 2.45) is 0 Å². The maximum Gasteiger partial charge on any atom is 0.433 e. The number of halogens is 21. The largest absolute Gasteiger partial charge is 0.433 e. The Morgan fingerprint density at radius 2 is 0.833 bits per heavy atom. The third kappa shape index (κ3) is 41.2. The van der Waals surface area contributed by atoms with Crippen LogP contribution in [0.5, 0.6) is 0 Å². The average Bonchev–Trinajstić information content (AvgIpc) is 0.840. The number of nitro groups is 1. The van der Waals surface area contributed by atoms with Gasteiger partial charge < -0.3 is 10.1 Å². The Hall–Kier alpha value is -11.4. The normalized spacial score (nSPS) is 10.4. The van der Waals surface area contributed by atoms with Gasteiger partial charge in [0.15, 0.2) is 11.6 Å². The number of aryl methyl sites for hydroxylation is 11. The maximum absolute atomic E-state index is 12.6. The lowest BCUT2D eigenvalue weighted by atomic mass is 10.1. The van der Waals surface area contributed by atoms with E-state index in [0.717, 1.165) is 94.9 Å². The van der Waals surface area contributed by atoms with Gasteiger partial charge in [0.2, 0.25) is 5.95 Å². The van der Waals surface area contributed by atoms with E-state index in [9.17, 15) is 102 Å². The van der Waals surface area contributed by atoms with Crippen LogP contribution in [0.2, 0.25) is 0 Å². The lowest BCUT2D eigenvalue weighted by molar-refractivity contribution is -0.389. The first-order valence-corrected chi connectivity index (χ1v) is 34.6. The molecule has 0 radical (unpaired) electrons. The molecule has 8 nitrogen and oxygen atoms in total. The van der Waals surface area contributed by atoms with Gasteiger partial charge in [0.05, 0.1) is 16.7 Å². The smallest absolute Gasteiger partial charge is 0.358 e. The van der Waals surface area contributed by atoms with E-state index in [1.165, 1.54) is 110 Å². The number of alkyl halides is 12. The second-order valence-corrected chi connectivity index (χ2v) is 23.6. The summed E-state index contributed by atoms with van der Waals surface area (Å²) in [6, 6.07) is 45.1. The molecule has 612 valence electrons. The number of pyridine rings is 4. The summed E-state index contributed by atoms with van der Waals surface area (Å²) in [7, 11) is 0. The molecule has 0 saturated heterocycles. The number of rotatable bonds is 8. The SMILES string of the molecule is CCc1cc(F)cc(F)c1.CCc1cc(F)ccc1F.CCc1ccc(C(F)(F)F)cc1.CCc1ccc(F)cc1F.CCc1cccc(C(F)(F)F)c1.CCc1cccc(F)c1F.CCc1ccccc1C(F)(F)F.Cc1ccc(C#N)nc1.Cc1ccc(C(F)(F)F)nc1.Cc1ccc(F)nc1.Cc1ccc([N+](=O)[O-])nc1. The third-order valence-electron chi connectivity index (χ3n) is 14.8. The van der Waals surface area contributed by atoms with Gasteiger partial charge >= 0.3 is 30.5 Å². The molecule has 0 atom stereocenters. The van der Waals surface area contributed by atoms with Gasteiger partial charge in [-0.15, -0.1) is 0 Å². The number of aromatic nitrogens is 4. The first-order valence-electron chi connectivity index (χ1n) is 34.6. The highest BCUT2D eigenvalue weighted by atomic mass is 19.4. The highest BCUT2D eigenvalue weighted by Crippen LogP contribution is 2.33. The number of benzene rings is 7. The van der Waals surface area contributed by atoms with E-state index in [1.807, 2.05) is 60.6 Å². The van der Waals surface area contributed by atoms with Gasteiger partial charge in [0.25, 0.3) is 0 Å².